The molecule has 0 unspecified atom stereocenters. The smallest absolute Gasteiger partial charge is 0.276 e. The van der Waals surface area contributed by atoms with Gasteiger partial charge in [-0.2, -0.15) is 0 Å². The van der Waals surface area contributed by atoms with Crippen molar-refractivity contribution in [2.75, 3.05) is 5.32 Å². The van der Waals surface area contributed by atoms with Crippen molar-refractivity contribution in [3.05, 3.63) is 86.9 Å². The number of anilines is 1. The van der Waals surface area contributed by atoms with Crippen LogP contribution in [0.15, 0.2) is 60.7 Å². The van der Waals surface area contributed by atoms with Gasteiger partial charge >= 0.3 is 0 Å². The molecule has 2 aromatic carbocycles. The van der Waals surface area contributed by atoms with E-state index in [1.807, 2.05) is 30.3 Å². The van der Waals surface area contributed by atoms with E-state index in [1.54, 1.807) is 18.2 Å². The fourth-order valence-corrected chi connectivity index (χ4v) is 3.03. The van der Waals surface area contributed by atoms with Gasteiger partial charge < -0.3 is 0 Å². The molecule has 0 atom stereocenters. The van der Waals surface area contributed by atoms with Crippen LogP contribution < -0.4 is 5.32 Å². The van der Waals surface area contributed by atoms with Crippen LogP contribution in [0.1, 0.15) is 16.1 Å². The molecular formula is C18H14N4O3S. The highest BCUT2D eigenvalue weighted by atomic mass is 32.1. The van der Waals surface area contributed by atoms with Crippen LogP contribution in [0.4, 0.5) is 10.8 Å². The molecule has 26 heavy (non-hydrogen) atoms. The molecule has 0 fully saturated rings. The van der Waals surface area contributed by atoms with Gasteiger partial charge in [-0.05, 0) is 17.7 Å². The van der Waals surface area contributed by atoms with Crippen molar-refractivity contribution in [3.63, 3.8) is 0 Å². The zero-order valence-corrected chi connectivity index (χ0v) is 14.3. The largest absolute Gasteiger partial charge is 0.297 e. The van der Waals surface area contributed by atoms with Crippen molar-refractivity contribution in [2.24, 2.45) is 0 Å². The van der Waals surface area contributed by atoms with Gasteiger partial charge in [-0.3, -0.25) is 20.2 Å². The van der Waals surface area contributed by atoms with E-state index in [4.69, 9.17) is 0 Å². The Kier molecular flexibility index (Phi) is 5.45. The van der Waals surface area contributed by atoms with E-state index in [1.165, 1.54) is 29.6 Å². The molecule has 3 aromatic rings. The van der Waals surface area contributed by atoms with E-state index >= 15 is 0 Å². The number of nitrogens with one attached hydrogen (secondary N) is 1. The number of rotatable bonds is 6. The van der Waals surface area contributed by atoms with E-state index in [0.29, 0.717) is 17.1 Å². The Bertz CT molecular complexity index is 954. The van der Waals surface area contributed by atoms with Crippen LogP contribution in [0.25, 0.3) is 6.08 Å². The summed E-state index contributed by atoms with van der Waals surface area (Å²) >= 11 is 1.29. The molecule has 1 heterocycles. The predicted molar refractivity (Wildman–Crippen MR) is 99.9 cm³/mol. The fourth-order valence-electron chi connectivity index (χ4n) is 2.25. The van der Waals surface area contributed by atoms with E-state index in [2.05, 4.69) is 15.5 Å². The average molecular weight is 366 g/mol. The first-order chi connectivity index (χ1) is 12.6. The number of aromatic nitrogens is 2. The number of carbonyl (C=O) groups excluding carboxylic acids is 1. The molecule has 8 heteroatoms. The predicted octanol–water partition coefficient (Wildman–Crippen LogP) is 3.69. The summed E-state index contributed by atoms with van der Waals surface area (Å²) < 4.78 is 0. The first-order valence-electron chi connectivity index (χ1n) is 7.70. The van der Waals surface area contributed by atoms with Gasteiger partial charge in [0.25, 0.3) is 5.69 Å². The van der Waals surface area contributed by atoms with Crippen molar-refractivity contribution < 1.29 is 9.72 Å². The maximum absolute atomic E-state index is 12.0. The van der Waals surface area contributed by atoms with Gasteiger partial charge in [-0.1, -0.05) is 53.8 Å². The number of nitro benzene ring substituents is 1. The van der Waals surface area contributed by atoms with Gasteiger partial charge in [0.1, 0.15) is 5.01 Å². The maximum Gasteiger partial charge on any atom is 0.276 e. The second-order valence-corrected chi connectivity index (χ2v) is 6.36. The monoisotopic (exact) mass is 366 g/mol. The maximum atomic E-state index is 12.0. The molecule has 7 nitrogen and oxygen atoms in total. The van der Waals surface area contributed by atoms with Crippen LogP contribution in [0.2, 0.25) is 0 Å². The summed E-state index contributed by atoms with van der Waals surface area (Å²) in [5.74, 6) is -0.425. The first kappa shape index (κ1) is 17.4. The van der Waals surface area contributed by atoms with Crippen LogP contribution in [0.3, 0.4) is 0 Å². The SMILES string of the molecule is O=C(/C=C/c1ccccc1[N+](=O)[O-])Nc1nnc(Cc2ccccc2)s1. The Morgan fingerprint density at radius 3 is 2.62 bits per heavy atom. The lowest BCUT2D eigenvalue weighted by molar-refractivity contribution is -0.385. The highest BCUT2D eigenvalue weighted by Crippen LogP contribution is 2.20. The Morgan fingerprint density at radius 1 is 1.12 bits per heavy atom. The van der Waals surface area contributed by atoms with Crippen molar-refractivity contribution in [2.45, 2.75) is 6.42 Å². The second kappa shape index (κ2) is 8.13. The van der Waals surface area contributed by atoms with E-state index in [0.717, 1.165) is 10.6 Å². The number of nitro groups is 1. The molecule has 0 aliphatic carbocycles. The van der Waals surface area contributed by atoms with Crippen molar-refractivity contribution in [3.8, 4) is 0 Å². The van der Waals surface area contributed by atoms with Gasteiger partial charge in [0.15, 0.2) is 0 Å². The van der Waals surface area contributed by atoms with Crippen LogP contribution in [0, 0.1) is 10.1 Å². The summed E-state index contributed by atoms with van der Waals surface area (Å²) in [6.45, 7) is 0. The summed E-state index contributed by atoms with van der Waals surface area (Å²) in [5.41, 5.74) is 1.41. The molecule has 0 bridgehead atoms. The second-order valence-electron chi connectivity index (χ2n) is 5.30. The summed E-state index contributed by atoms with van der Waals surface area (Å²) in [6.07, 6.45) is 3.28. The molecule has 0 radical (unpaired) electrons. The highest BCUT2D eigenvalue weighted by molar-refractivity contribution is 7.15. The van der Waals surface area contributed by atoms with E-state index in [9.17, 15) is 14.9 Å². The van der Waals surface area contributed by atoms with E-state index in [-0.39, 0.29) is 5.69 Å². The molecule has 0 saturated heterocycles. The molecule has 0 spiro atoms. The standard InChI is InChI=1S/C18H14N4O3S/c23-16(11-10-14-8-4-5-9-15(14)22(24)25)19-18-21-20-17(26-18)12-13-6-2-1-3-7-13/h1-11H,12H2,(H,19,21,23)/b11-10+. The summed E-state index contributed by atoms with van der Waals surface area (Å²) in [7, 11) is 0. The third kappa shape index (κ3) is 4.58. The van der Waals surface area contributed by atoms with Gasteiger partial charge in [0.05, 0.1) is 10.5 Å². The number of hydrogen-bond donors (Lipinski definition) is 1. The topological polar surface area (TPSA) is 98.0 Å². The zero-order valence-electron chi connectivity index (χ0n) is 13.5. The number of carbonyl (C=O) groups is 1. The van der Waals surface area contributed by atoms with Gasteiger partial charge in [-0.15, -0.1) is 10.2 Å². The number of hydrogen-bond acceptors (Lipinski definition) is 6. The van der Waals surface area contributed by atoms with Crippen LogP contribution in [-0.2, 0) is 11.2 Å². The average Bonchev–Trinajstić information content (AvgIpc) is 3.07. The zero-order chi connectivity index (χ0) is 18.4. The van der Waals surface area contributed by atoms with Gasteiger partial charge in [-0.25, -0.2) is 0 Å². The highest BCUT2D eigenvalue weighted by Gasteiger charge is 2.11. The first-order valence-corrected chi connectivity index (χ1v) is 8.52. The molecule has 130 valence electrons. The number of nitrogens with zero attached hydrogens (tertiary/aromatic N) is 3. The van der Waals surface area contributed by atoms with E-state index < -0.39 is 10.8 Å². The summed E-state index contributed by atoms with van der Waals surface area (Å²) in [5, 5.41) is 22.8. The van der Waals surface area contributed by atoms with Crippen molar-refractivity contribution in [1.82, 2.24) is 10.2 Å². The summed E-state index contributed by atoms with van der Waals surface area (Å²) in [6, 6.07) is 16.0. The van der Waals surface area contributed by atoms with Gasteiger partial charge in [0.2, 0.25) is 11.0 Å². The molecule has 1 amide bonds. The number of amides is 1. The molecule has 0 saturated carbocycles. The lowest BCUT2D eigenvalue weighted by Crippen LogP contribution is -2.07. The van der Waals surface area contributed by atoms with Crippen LogP contribution in [-0.4, -0.2) is 21.0 Å². The Morgan fingerprint density at radius 2 is 1.85 bits per heavy atom. The lowest BCUT2D eigenvalue weighted by atomic mass is 10.1. The molecule has 1 N–H and O–H groups in total. The van der Waals surface area contributed by atoms with Crippen molar-refractivity contribution >= 4 is 34.1 Å². The fraction of sp³-hybridized carbons (Fsp3) is 0.0556. The van der Waals surface area contributed by atoms with Crippen LogP contribution in [0.5, 0.6) is 0 Å². The molecular weight excluding hydrogens is 352 g/mol. The molecule has 1 aromatic heterocycles. The minimum Gasteiger partial charge on any atom is -0.297 e. The number of para-hydroxylation sites is 1. The lowest BCUT2D eigenvalue weighted by Gasteiger charge is -1.97. The van der Waals surface area contributed by atoms with Gasteiger partial charge in [0, 0.05) is 18.6 Å². The minimum atomic E-state index is -0.488. The van der Waals surface area contributed by atoms with Crippen LogP contribution >= 0.6 is 11.3 Å². The Labute approximate surface area is 153 Å². The Hall–Kier alpha value is -3.39. The minimum absolute atomic E-state index is 0.0578. The van der Waals surface area contributed by atoms with Crippen molar-refractivity contribution in [1.29, 1.82) is 0 Å². The molecule has 0 aliphatic heterocycles. The molecule has 3 rings (SSSR count). The molecule has 0 aliphatic rings. The summed E-state index contributed by atoms with van der Waals surface area (Å²) in [4.78, 5) is 22.5. The third-order valence-corrected chi connectivity index (χ3v) is 4.28. The number of benzene rings is 2. The normalized spacial score (nSPS) is 10.8. The third-order valence-electron chi connectivity index (χ3n) is 3.44. The Balaban J connectivity index is 1.63. The quantitative estimate of drug-likeness (QED) is 0.407.